The van der Waals surface area contributed by atoms with Gasteiger partial charge in [-0.1, -0.05) is 11.6 Å². The van der Waals surface area contributed by atoms with E-state index in [-0.39, 0.29) is 24.8 Å². The van der Waals surface area contributed by atoms with Gasteiger partial charge in [0.25, 0.3) is 0 Å². The van der Waals surface area contributed by atoms with Crippen molar-refractivity contribution in [2.45, 2.75) is 57.7 Å². The van der Waals surface area contributed by atoms with E-state index < -0.39 is 5.54 Å². The molecule has 6 nitrogen and oxygen atoms in total. The van der Waals surface area contributed by atoms with Gasteiger partial charge in [0.15, 0.2) is 5.82 Å². The summed E-state index contributed by atoms with van der Waals surface area (Å²) in [6, 6.07) is 0.707. The molecule has 0 saturated carbocycles. The first kappa shape index (κ1) is 20.6. The molecule has 2 aliphatic heterocycles. The molecule has 0 amide bonds. The molecule has 2 saturated heterocycles. The second-order valence-corrected chi connectivity index (χ2v) is 7.01. The third-order valence-corrected chi connectivity index (χ3v) is 4.56. The highest BCUT2D eigenvalue weighted by Gasteiger charge is 2.30. The van der Waals surface area contributed by atoms with Crippen molar-refractivity contribution in [2.75, 3.05) is 26.2 Å². The molecule has 3 rings (SSSR count). The van der Waals surface area contributed by atoms with E-state index in [2.05, 4.69) is 19.9 Å². The van der Waals surface area contributed by atoms with E-state index in [9.17, 15) is 0 Å². The number of nitrogens with zero attached hydrogens (tertiary/aromatic N) is 4. The fourth-order valence-electron chi connectivity index (χ4n) is 3.31. The van der Waals surface area contributed by atoms with Crippen LogP contribution >= 0.6 is 24.8 Å². The van der Waals surface area contributed by atoms with Crippen molar-refractivity contribution in [1.29, 1.82) is 0 Å². The summed E-state index contributed by atoms with van der Waals surface area (Å²) >= 11 is 0. The summed E-state index contributed by atoms with van der Waals surface area (Å²) in [5.41, 5.74) is 5.45. The molecular weight excluding hydrogens is 337 g/mol. The standard InChI is InChI=1S/C15H27N5O.2ClH/c1-15(2,16)14-17-13(21-18-14)11-19-9-6-12(10-19)20-7-4-3-5-8-20;;/h12H,3-11,16H2,1-2H3;2*1H. The molecule has 1 aromatic heterocycles. The van der Waals surface area contributed by atoms with Crippen LogP contribution in [0.25, 0.3) is 0 Å². The Morgan fingerprint density at radius 2 is 1.87 bits per heavy atom. The van der Waals surface area contributed by atoms with E-state index in [1.807, 2.05) is 13.8 Å². The number of hydrogen-bond acceptors (Lipinski definition) is 6. The van der Waals surface area contributed by atoms with Gasteiger partial charge in [0.1, 0.15) is 0 Å². The number of hydrogen-bond donors (Lipinski definition) is 1. The van der Waals surface area contributed by atoms with Gasteiger partial charge in [-0.3, -0.25) is 9.80 Å². The Labute approximate surface area is 151 Å². The van der Waals surface area contributed by atoms with Crippen LogP contribution in [0, 0.1) is 0 Å². The summed E-state index contributed by atoms with van der Waals surface area (Å²) in [6.45, 7) is 9.30. The Morgan fingerprint density at radius 3 is 2.48 bits per heavy atom. The van der Waals surface area contributed by atoms with Crippen molar-refractivity contribution >= 4 is 24.8 Å². The fourth-order valence-corrected chi connectivity index (χ4v) is 3.31. The van der Waals surface area contributed by atoms with Crippen LogP contribution in [0.3, 0.4) is 0 Å². The van der Waals surface area contributed by atoms with E-state index in [4.69, 9.17) is 10.3 Å². The van der Waals surface area contributed by atoms with Crippen LogP contribution in [0.1, 0.15) is 51.2 Å². The maximum Gasteiger partial charge on any atom is 0.240 e. The Balaban J connectivity index is 0.00000132. The fraction of sp³-hybridized carbons (Fsp3) is 0.867. The lowest BCUT2D eigenvalue weighted by molar-refractivity contribution is 0.158. The maximum atomic E-state index is 5.99. The number of halogens is 2. The lowest BCUT2D eigenvalue weighted by Crippen LogP contribution is -2.40. The second-order valence-electron chi connectivity index (χ2n) is 7.01. The minimum absolute atomic E-state index is 0. The van der Waals surface area contributed by atoms with Crippen molar-refractivity contribution in [3.8, 4) is 0 Å². The van der Waals surface area contributed by atoms with Crippen LogP contribution in [0.4, 0.5) is 0 Å². The minimum Gasteiger partial charge on any atom is -0.338 e. The van der Waals surface area contributed by atoms with Crippen molar-refractivity contribution in [3.05, 3.63) is 11.7 Å². The number of piperidine rings is 1. The minimum atomic E-state index is -0.539. The monoisotopic (exact) mass is 365 g/mol. The summed E-state index contributed by atoms with van der Waals surface area (Å²) < 4.78 is 5.34. The first-order chi connectivity index (χ1) is 10.0. The Morgan fingerprint density at radius 1 is 1.17 bits per heavy atom. The van der Waals surface area contributed by atoms with Gasteiger partial charge in [0.05, 0.1) is 12.1 Å². The first-order valence-corrected chi connectivity index (χ1v) is 8.11. The SMILES string of the molecule is CC(C)(N)c1noc(CN2CCC(N3CCCCC3)C2)n1.Cl.Cl. The third-order valence-electron chi connectivity index (χ3n) is 4.56. The largest absolute Gasteiger partial charge is 0.338 e. The van der Waals surface area contributed by atoms with Gasteiger partial charge < -0.3 is 10.3 Å². The van der Waals surface area contributed by atoms with Crippen molar-refractivity contribution in [3.63, 3.8) is 0 Å². The van der Waals surface area contributed by atoms with Crippen LogP contribution in [-0.2, 0) is 12.1 Å². The Bertz CT molecular complexity index is 471. The third kappa shape index (κ3) is 5.29. The van der Waals surface area contributed by atoms with Crippen LogP contribution in [0.5, 0.6) is 0 Å². The van der Waals surface area contributed by atoms with Gasteiger partial charge in [-0.2, -0.15) is 4.98 Å². The summed E-state index contributed by atoms with van der Waals surface area (Å²) in [5.74, 6) is 1.27. The zero-order valence-corrected chi connectivity index (χ0v) is 15.7. The number of aromatic nitrogens is 2. The van der Waals surface area contributed by atoms with E-state index >= 15 is 0 Å². The molecule has 2 fully saturated rings. The highest BCUT2D eigenvalue weighted by Crippen LogP contribution is 2.21. The smallest absolute Gasteiger partial charge is 0.240 e. The number of rotatable bonds is 4. The molecule has 0 spiro atoms. The molecule has 2 N–H and O–H groups in total. The molecule has 1 atom stereocenters. The molecular formula is C15H29Cl2N5O. The molecule has 134 valence electrons. The molecule has 0 radical (unpaired) electrons. The molecule has 3 heterocycles. The second kappa shape index (κ2) is 8.62. The zero-order valence-electron chi connectivity index (χ0n) is 14.0. The van der Waals surface area contributed by atoms with E-state index in [0.29, 0.717) is 17.8 Å². The van der Waals surface area contributed by atoms with Gasteiger partial charge >= 0.3 is 0 Å². The molecule has 0 bridgehead atoms. The zero-order chi connectivity index (χ0) is 14.9. The number of likely N-dealkylation sites (tertiary alicyclic amines) is 2. The van der Waals surface area contributed by atoms with Gasteiger partial charge in [-0.15, -0.1) is 24.8 Å². The summed E-state index contributed by atoms with van der Waals surface area (Å²) in [7, 11) is 0. The predicted octanol–water partition coefficient (Wildman–Crippen LogP) is 2.17. The molecule has 8 heteroatoms. The van der Waals surface area contributed by atoms with Crippen molar-refractivity contribution in [2.24, 2.45) is 5.73 Å². The van der Waals surface area contributed by atoms with E-state index in [1.165, 1.54) is 38.8 Å². The average Bonchev–Trinajstić information content (AvgIpc) is 3.09. The number of nitrogens with two attached hydrogens (primary N) is 1. The summed E-state index contributed by atoms with van der Waals surface area (Å²) in [5, 5.41) is 3.99. The Hall–Kier alpha value is -0.400. The van der Waals surface area contributed by atoms with E-state index in [1.54, 1.807) is 0 Å². The van der Waals surface area contributed by atoms with Crippen LogP contribution in [0.2, 0.25) is 0 Å². The quantitative estimate of drug-likeness (QED) is 0.881. The van der Waals surface area contributed by atoms with Gasteiger partial charge in [-0.05, 0) is 46.2 Å². The summed E-state index contributed by atoms with van der Waals surface area (Å²) in [6.07, 6.45) is 5.36. The van der Waals surface area contributed by atoms with Crippen LogP contribution < -0.4 is 5.73 Å². The lowest BCUT2D eigenvalue weighted by atomic mass is 10.1. The topological polar surface area (TPSA) is 71.4 Å². The average molecular weight is 366 g/mol. The molecule has 1 unspecified atom stereocenters. The van der Waals surface area contributed by atoms with Crippen molar-refractivity contribution < 1.29 is 4.52 Å². The summed E-state index contributed by atoms with van der Waals surface area (Å²) in [4.78, 5) is 9.50. The molecule has 0 aromatic carbocycles. The normalized spacial score (nSPS) is 23.3. The molecule has 2 aliphatic rings. The van der Waals surface area contributed by atoms with E-state index in [0.717, 1.165) is 19.6 Å². The molecule has 0 aliphatic carbocycles. The van der Waals surface area contributed by atoms with Gasteiger partial charge in [0, 0.05) is 19.1 Å². The van der Waals surface area contributed by atoms with Crippen LogP contribution in [0.15, 0.2) is 4.52 Å². The lowest BCUT2D eigenvalue weighted by Gasteiger charge is -2.32. The molecule has 1 aromatic rings. The first-order valence-electron chi connectivity index (χ1n) is 8.11. The highest BCUT2D eigenvalue weighted by atomic mass is 35.5. The predicted molar refractivity (Wildman–Crippen MR) is 95.1 cm³/mol. The molecule has 23 heavy (non-hydrogen) atoms. The maximum absolute atomic E-state index is 5.99. The Kier molecular flexibility index (Phi) is 7.74. The van der Waals surface area contributed by atoms with Crippen molar-refractivity contribution in [1.82, 2.24) is 19.9 Å². The van der Waals surface area contributed by atoms with Crippen LogP contribution in [-0.4, -0.2) is 52.2 Å². The van der Waals surface area contributed by atoms with Gasteiger partial charge in [0.2, 0.25) is 5.89 Å². The van der Waals surface area contributed by atoms with Gasteiger partial charge in [-0.25, -0.2) is 0 Å². The highest BCUT2D eigenvalue weighted by molar-refractivity contribution is 5.85.